The molecular weight excluding hydrogens is 318 g/mol. The van der Waals surface area contributed by atoms with Gasteiger partial charge in [0.2, 0.25) is 0 Å². The minimum absolute atomic E-state index is 0.145. The number of aryl methyl sites for hydroxylation is 3. The van der Waals surface area contributed by atoms with Gasteiger partial charge in [-0.3, -0.25) is 0 Å². The average Bonchev–Trinajstić information content (AvgIpc) is 2.63. The second-order valence-electron chi connectivity index (χ2n) is 6.96. The van der Waals surface area contributed by atoms with E-state index in [9.17, 15) is 8.78 Å². The summed E-state index contributed by atoms with van der Waals surface area (Å²) < 4.78 is 32.4. The van der Waals surface area contributed by atoms with E-state index in [4.69, 9.17) is 4.74 Å². The molecule has 0 aromatic heterocycles. The van der Waals surface area contributed by atoms with Gasteiger partial charge >= 0.3 is 0 Å². The molecule has 2 aromatic rings. The lowest BCUT2D eigenvalue weighted by Crippen LogP contribution is -2.23. The van der Waals surface area contributed by atoms with Crippen LogP contribution in [0.2, 0.25) is 0 Å². The van der Waals surface area contributed by atoms with Crippen molar-refractivity contribution < 1.29 is 13.5 Å². The summed E-state index contributed by atoms with van der Waals surface area (Å²) in [5.74, 6) is -0.579. The van der Waals surface area contributed by atoms with Crippen molar-refractivity contribution in [3.8, 4) is 5.75 Å². The van der Waals surface area contributed by atoms with Crippen LogP contribution in [-0.2, 0) is 19.3 Å². The van der Waals surface area contributed by atoms with E-state index >= 15 is 0 Å². The summed E-state index contributed by atoms with van der Waals surface area (Å²) in [5.41, 5.74) is 3.52. The van der Waals surface area contributed by atoms with Gasteiger partial charge in [0.15, 0.2) is 11.6 Å². The zero-order valence-corrected chi connectivity index (χ0v) is 14.9. The van der Waals surface area contributed by atoms with E-state index in [0.29, 0.717) is 6.42 Å². The molecule has 1 heterocycles. The van der Waals surface area contributed by atoms with Gasteiger partial charge in [0.1, 0.15) is 5.75 Å². The Morgan fingerprint density at radius 2 is 1.76 bits per heavy atom. The highest BCUT2D eigenvalue weighted by Gasteiger charge is 2.20. The Morgan fingerprint density at radius 3 is 2.56 bits per heavy atom. The lowest BCUT2D eigenvalue weighted by molar-refractivity contribution is 0.164. The summed E-state index contributed by atoms with van der Waals surface area (Å²) in [5, 5.41) is 0. The van der Waals surface area contributed by atoms with Gasteiger partial charge in [-0.25, -0.2) is 8.78 Å². The van der Waals surface area contributed by atoms with Crippen LogP contribution in [0.3, 0.4) is 0 Å². The number of halogens is 2. The maximum absolute atomic E-state index is 13.3. The second-order valence-corrected chi connectivity index (χ2v) is 6.96. The fourth-order valence-electron chi connectivity index (χ4n) is 3.46. The third-order valence-corrected chi connectivity index (χ3v) is 4.96. The number of benzene rings is 2. The standard InChI is InChI=1S/C22H26F2O/c1-2-3-4-5-16-8-13-22-18(14-16)9-11-19(25-22)10-6-17-7-12-20(23)21(24)15-17/h7-8,12-15,19H,2-6,9-11H2,1H3. The molecule has 0 spiro atoms. The Labute approximate surface area is 149 Å². The van der Waals surface area contributed by atoms with E-state index in [1.165, 1.54) is 42.5 Å². The van der Waals surface area contributed by atoms with E-state index in [1.807, 2.05) is 0 Å². The number of fused-ring (bicyclic) bond motifs is 1. The first-order valence-corrected chi connectivity index (χ1v) is 9.38. The van der Waals surface area contributed by atoms with Crippen molar-refractivity contribution in [1.29, 1.82) is 0 Å². The molecule has 0 bridgehead atoms. The van der Waals surface area contributed by atoms with Gasteiger partial charge < -0.3 is 4.74 Å². The lowest BCUT2D eigenvalue weighted by atomic mass is 9.95. The molecule has 0 amide bonds. The molecule has 0 N–H and O–H groups in total. The zero-order chi connectivity index (χ0) is 17.6. The molecule has 1 atom stereocenters. The predicted molar refractivity (Wildman–Crippen MR) is 97.1 cm³/mol. The van der Waals surface area contributed by atoms with Crippen LogP contribution < -0.4 is 4.74 Å². The predicted octanol–water partition coefficient (Wildman–Crippen LogP) is 6.02. The third-order valence-electron chi connectivity index (χ3n) is 4.96. The minimum atomic E-state index is -0.790. The van der Waals surface area contributed by atoms with Gasteiger partial charge in [-0.05, 0) is 73.4 Å². The van der Waals surface area contributed by atoms with Crippen molar-refractivity contribution in [2.24, 2.45) is 0 Å². The number of unbranched alkanes of at least 4 members (excludes halogenated alkanes) is 2. The first kappa shape index (κ1) is 17.9. The highest BCUT2D eigenvalue weighted by molar-refractivity contribution is 5.39. The molecule has 1 unspecified atom stereocenters. The molecule has 0 saturated carbocycles. The molecule has 25 heavy (non-hydrogen) atoms. The van der Waals surface area contributed by atoms with Gasteiger partial charge in [-0.15, -0.1) is 0 Å². The van der Waals surface area contributed by atoms with Crippen molar-refractivity contribution in [2.45, 2.75) is 64.4 Å². The highest BCUT2D eigenvalue weighted by atomic mass is 19.2. The van der Waals surface area contributed by atoms with Crippen LogP contribution in [0.15, 0.2) is 36.4 Å². The van der Waals surface area contributed by atoms with Crippen molar-refractivity contribution in [2.75, 3.05) is 0 Å². The topological polar surface area (TPSA) is 9.23 Å². The quantitative estimate of drug-likeness (QED) is 0.558. The fourth-order valence-corrected chi connectivity index (χ4v) is 3.46. The normalized spacial score (nSPS) is 16.4. The first-order chi connectivity index (χ1) is 12.2. The van der Waals surface area contributed by atoms with Crippen LogP contribution in [0.4, 0.5) is 8.78 Å². The van der Waals surface area contributed by atoms with Crippen molar-refractivity contribution >= 4 is 0 Å². The number of rotatable bonds is 7. The molecule has 1 nitrogen and oxygen atoms in total. The third kappa shape index (κ3) is 4.81. The van der Waals surface area contributed by atoms with E-state index in [-0.39, 0.29) is 6.10 Å². The largest absolute Gasteiger partial charge is 0.490 e. The summed E-state index contributed by atoms with van der Waals surface area (Å²) >= 11 is 0. The average molecular weight is 344 g/mol. The van der Waals surface area contributed by atoms with Crippen LogP contribution >= 0.6 is 0 Å². The van der Waals surface area contributed by atoms with E-state index in [2.05, 4.69) is 25.1 Å². The lowest BCUT2D eigenvalue weighted by Gasteiger charge is -2.26. The van der Waals surface area contributed by atoms with Crippen LogP contribution in [0.25, 0.3) is 0 Å². The van der Waals surface area contributed by atoms with Gasteiger partial charge in [0.05, 0.1) is 6.10 Å². The molecule has 1 aliphatic heterocycles. The Bertz CT molecular complexity index is 711. The number of ether oxygens (including phenoxy) is 1. The fraction of sp³-hybridized carbons (Fsp3) is 0.455. The molecule has 134 valence electrons. The molecule has 3 heteroatoms. The highest BCUT2D eigenvalue weighted by Crippen LogP contribution is 2.30. The molecule has 3 rings (SSSR count). The van der Waals surface area contributed by atoms with Crippen molar-refractivity contribution in [1.82, 2.24) is 0 Å². The second kappa shape index (κ2) is 8.46. The molecular formula is C22H26F2O. The SMILES string of the molecule is CCCCCc1ccc2c(c1)CCC(CCc1ccc(F)c(F)c1)O2. The van der Waals surface area contributed by atoms with Gasteiger partial charge in [-0.1, -0.05) is 38.0 Å². The summed E-state index contributed by atoms with van der Waals surface area (Å²) in [6, 6.07) is 10.7. The van der Waals surface area contributed by atoms with Gasteiger partial charge in [0.25, 0.3) is 0 Å². The molecule has 0 aliphatic carbocycles. The summed E-state index contributed by atoms with van der Waals surface area (Å²) in [4.78, 5) is 0. The molecule has 0 saturated heterocycles. The monoisotopic (exact) mass is 344 g/mol. The zero-order valence-electron chi connectivity index (χ0n) is 14.9. The van der Waals surface area contributed by atoms with Crippen LogP contribution in [0.5, 0.6) is 5.75 Å². The Hall–Kier alpha value is -1.90. The first-order valence-electron chi connectivity index (χ1n) is 9.38. The Morgan fingerprint density at radius 1 is 0.960 bits per heavy atom. The molecule has 1 aliphatic rings. The maximum Gasteiger partial charge on any atom is 0.159 e. The Balaban J connectivity index is 1.55. The maximum atomic E-state index is 13.3. The van der Waals surface area contributed by atoms with E-state index in [1.54, 1.807) is 6.07 Å². The number of hydrogen-bond donors (Lipinski definition) is 0. The van der Waals surface area contributed by atoms with E-state index < -0.39 is 11.6 Å². The van der Waals surface area contributed by atoms with Gasteiger partial charge in [-0.2, -0.15) is 0 Å². The summed E-state index contributed by atoms with van der Waals surface area (Å²) in [6.07, 6.45) is 8.58. The number of hydrogen-bond acceptors (Lipinski definition) is 1. The van der Waals surface area contributed by atoms with Crippen LogP contribution in [-0.4, -0.2) is 6.10 Å². The van der Waals surface area contributed by atoms with Crippen LogP contribution in [0.1, 0.15) is 55.7 Å². The van der Waals surface area contributed by atoms with Gasteiger partial charge in [0, 0.05) is 0 Å². The van der Waals surface area contributed by atoms with Crippen LogP contribution in [0, 0.1) is 11.6 Å². The minimum Gasteiger partial charge on any atom is -0.490 e. The summed E-state index contributed by atoms with van der Waals surface area (Å²) in [6.45, 7) is 2.22. The van der Waals surface area contributed by atoms with Crippen molar-refractivity contribution in [3.05, 3.63) is 64.7 Å². The van der Waals surface area contributed by atoms with Crippen molar-refractivity contribution in [3.63, 3.8) is 0 Å². The Kier molecular flexibility index (Phi) is 6.06. The van der Waals surface area contributed by atoms with E-state index in [0.717, 1.165) is 37.0 Å². The smallest absolute Gasteiger partial charge is 0.159 e. The molecule has 0 fully saturated rings. The summed E-state index contributed by atoms with van der Waals surface area (Å²) in [7, 11) is 0. The molecule has 0 radical (unpaired) electrons. The molecule has 2 aromatic carbocycles.